The molecule has 0 aromatic heterocycles. The van der Waals surface area contributed by atoms with Gasteiger partial charge in [-0.3, -0.25) is 0 Å². The van der Waals surface area contributed by atoms with Crippen LogP contribution in [0.2, 0.25) is 0 Å². The summed E-state index contributed by atoms with van der Waals surface area (Å²) >= 11 is 0. The van der Waals surface area contributed by atoms with Crippen LogP contribution in [0.1, 0.15) is 24.8 Å². The third kappa shape index (κ3) is 3.37. The molecule has 0 unspecified atom stereocenters. The van der Waals surface area contributed by atoms with Crippen molar-refractivity contribution in [2.75, 3.05) is 0 Å². The molecule has 1 aromatic carbocycles. The summed E-state index contributed by atoms with van der Waals surface area (Å²) in [5.74, 6) is 5.76. The van der Waals surface area contributed by atoms with Gasteiger partial charge in [0.25, 0.3) is 0 Å². The Morgan fingerprint density at radius 2 is 2.06 bits per heavy atom. The molecule has 2 rings (SSSR count). The van der Waals surface area contributed by atoms with Gasteiger partial charge in [-0.2, -0.15) is 0 Å². The first kappa shape index (κ1) is 11.2. The van der Waals surface area contributed by atoms with E-state index in [2.05, 4.69) is 24.0 Å². The Hall–Kier alpha value is -1.30. The third-order valence-corrected chi connectivity index (χ3v) is 2.69. The van der Waals surface area contributed by atoms with Crippen molar-refractivity contribution >= 4 is 0 Å². The van der Waals surface area contributed by atoms with Gasteiger partial charge in [0.1, 0.15) is 6.10 Å². The zero-order valence-corrected chi connectivity index (χ0v) is 9.23. The highest BCUT2D eigenvalue weighted by molar-refractivity contribution is 5.13. The molecule has 0 spiro atoms. The van der Waals surface area contributed by atoms with Crippen molar-refractivity contribution < 1.29 is 9.84 Å². The lowest BCUT2D eigenvalue weighted by molar-refractivity contribution is 0.0328. The molecule has 1 aliphatic carbocycles. The number of aliphatic hydroxyl groups excluding tert-OH is 1. The summed E-state index contributed by atoms with van der Waals surface area (Å²) in [4.78, 5) is 0. The van der Waals surface area contributed by atoms with Crippen LogP contribution in [-0.2, 0) is 11.3 Å². The Bertz CT molecular complexity index is 375. The molecule has 0 saturated carbocycles. The molecule has 1 aromatic rings. The molecule has 84 valence electrons. The molecule has 0 saturated heterocycles. The first-order valence-corrected chi connectivity index (χ1v) is 5.66. The summed E-state index contributed by atoms with van der Waals surface area (Å²) in [6, 6.07) is 10.1. The molecule has 0 fully saturated rings. The van der Waals surface area contributed by atoms with Crippen LogP contribution in [0.4, 0.5) is 0 Å². The second-order valence-corrected chi connectivity index (χ2v) is 4.04. The van der Waals surface area contributed by atoms with Crippen LogP contribution >= 0.6 is 0 Å². The highest BCUT2D eigenvalue weighted by Crippen LogP contribution is 2.14. The molecular formula is C14H16O2. The van der Waals surface area contributed by atoms with E-state index in [1.807, 2.05) is 18.2 Å². The zero-order chi connectivity index (χ0) is 11.2. The van der Waals surface area contributed by atoms with Crippen molar-refractivity contribution in [1.29, 1.82) is 0 Å². The largest absolute Gasteiger partial charge is 0.380 e. The lowest BCUT2D eigenvalue weighted by atomic mass is 10.1. The van der Waals surface area contributed by atoms with Crippen LogP contribution in [0.5, 0.6) is 0 Å². The average molecular weight is 216 g/mol. The number of rotatable bonds is 3. The summed E-state index contributed by atoms with van der Waals surface area (Å²) in [7, 11) is 0. The van der Waals surface area contributed by atoms with E-state index in [1.54, 1.807) is 0 Å². The fraction of sp³-hybridized carbons (Fsp3) is 0.429. The second kappa shape index (κ2) is 5.69. The van der Waals surface area contributed by atoms with Crippen LogP contribution in [0.3, 0.4) is 0 Å². The fourth-order valence-corrected chi connectivity index (χ4v) is 1.74. The van der Waals surface area contributed by atoms with Crippen LogP contribution in [0.25, 0.3) is 0 Å². The van der Waals surface area contributed by atoms with E-state index in [0.717, 1.165) is 12.8 Å². The van der Waals surface area contributed by atoms with Crippen LogP contribution in [0.15, 0.2) is 30.3 Å². The minimum Gasteiger partial charge on any atom is -0.380 e. The average Bonchev–Trinajstić information content (AvgIpc) is 2.53. The molecule has 1 aliphatic rings. The molecule has 0 aliphatic heterocycles. The summed E-state index contributed by atoms with van der Waals surface area (Å²) in [5, 5.41) is 9.36. The molecule has 2 heteroatoms. The maximum atomic E-state index is 9.36. The van der Waals surface area contributed by atoms with Gasteiger partial charge in [0.15, 0.2) is 0 Å². The van der Waals surface area contributed by atoms with E-state index < -0.39 is 6.10 Å². The minimum atomic E-state index is -0.467. The molecule has 16 heavy (non-hydrogen) atoms. The van der Waals surface area contributed by atoms with Gasteiger partial charge in [0.2, 0.25) is 0 Å². The van der Waals surface area contributed by atoms with Crippen molar-refractivity contribution in [3.8, 4) is 11.8 Å². The Balaban J connectivity index is 1.81. The molecule has 2 nitrogen and oxygen atoms in total. The van der Waals surface area contributed by atoms with E-state index in [-0.39, 0.29) is 6.10 Å². The highest BCUT2D eigenvalue weighted by atomic mass is 16.5. The maximum Gasteiger partial charge on any atom is 0.114 e. The number of hydrogen-bond acceptors (Lipinski definition) is 2. The third-order valence-electron chi connectivity index (χ3n) is 2.69. The van der Waals surface area contributed by atoms with Gasteiger partial charge in [-0.05, 0) is 18.4 Å². The standard InChI is InChI=1S/C14H16O2/c15-13-7-4-8-14(10-9-13)16-11-12-5-2-1-3-6-12/h1-3,5-6,13-15H,8-11H2/t13-,14+/m1/s1. The van der Waals surface area contributed by atoms with Crippen molar-refractivity contribution in [2.45, 2.75) is 38.1 Å². The smallest absolute Gasteiger partial charge is 0.114 e. The summed E-state index contributed by atoms with van der Waals surface area (Å²) < 4.78 is 5.78. The number of aliphatic hydroxyl groups is 1. The van der Waals surface area contributed by atoms with Crippen LogP contribution in [-0.4, -0.2) is 17.3 Å². The van der Waals surface area contributed by atoms with Crippen molar-refractivity contribution in [3.05, 3.63) is 35.9 Å². The topological polar surface area (TPSA) is 29.5 Å². The second-order valence-electron chi connectivity index (χ2n) is 4.04. The quantitative estimate of drug-likeness (QED) is 0.784. The van der Waals surface area contributed by atoms with Crippen LogP contribution < -0.4 is 0 Å². The number of ether oxygens (including phenoxy) is 1. The first-order valence-electron chi connectivity index (χ1n) is 5.66. The highest BCUT2D eigenvalue weighted by Gasteiger charge is 2.13. The number of hydrogen-bond donors (Lipinski definition) is 1. The van der Waals surface area contributed by atoms with E-state index in [4.69, 9.17) is 4.74 Å². The van der Waals surface area contributed by atoms with Gasteiger partial charge in [-0.25, -0.2) is 0 Å². The Morgan fingerprint density at radius 1 is 1.25 bits per heavy atom. The van der Waals surface area contributed by atoms with E-state index in [0.29, 0.717) is 13.0 Å². The first-order chi connectivity index (χ1) is 7.84. The lowest BCUT2D eigenvalue weighted by Crippen LogP contribution is -2.13. The van der Waals surface area contributed by atoms with Gasteiger partial charge in [0.05, 0.1) is 12.7 Å². The number of benzene rings is 1. The SMILES string of the molecule is O[C@@H]1C#CC[C@H](OCc2ccccc2)CC1. The summed E-state index contributed by atoms with van der Waals surface area (Å²) in [6.07, 6.45) is 2.00. The molecular weight excluding hydrogens is 200 g/mol. The van der Waals surface area contributed by atoms with Gasteiger partial charge in [-0.1, -0.05) is 42.2 Å². The zero-order valence-electron chi connectivity index (χ0n) is 9.23. The van der Waals surface area contributed by atoms with Gasteiger partial charge in [0, 0.05) is 6.42 Å². The van der Waals surface area contributed by atoms with Crippen molar-refractivity contribution in [3.63, 3.8) is 0 Å². The molecule has 0 heterocycles. The predicted octanol–water partition coefficient (Wildman–Crippen LogP) is 2.12. The normalized spacial score (nSPS) is 24.3. The predicted molar refractivity (Wildman–Crippen MR) is 62.7 cm³/mol. The maximum absolute atomic E-state index is 9.36. The summed E-state index contributed by atoms with van der Waals surface area (Å²) in [5.41, 5.74) is 1.18. The molecule has 0 radical (unpaired) electrons. The van der Waals surface area contributed by atoms with E-state index >= 15 is 0 Å². The monoisotopic (exact) mass is 216 g/mol. The van der Waals surface area contributed by atoms with Gasteiger partial charge < -0.3 is 9.84 Å². The van der Waals surface area contributed by atoms with E-state index in [9.17, 15) is 5.11 Å². The minimum absolute atomic E-state index is 0.157. The summed E-state index contributed by atoms with van der Waals surface area (Å²) in [6.45, 7) is 0.628. The Kier molecular flexibility index (Phi) is 3.98. The van der Waals surface area contributed by atoms with Gasteiger partial charge in [-0.15, -0.1) is 0 Å². The molecule has 0 amide bonds. The molecule has 1 N–H and O–H groups in total. The van der Waals surface area contributed by atoms with Crippen molar-refractivity contribution in [1.82, 2.24) is 0 Å². The Labute approximate surface area is 96.3 Å². The van der Waals surface area contributed by atoms with E-state index in [1.165, 1.54) is 5.56 Å². The van der Waals surface area contributed by atoms with Gasteiger partial charge >= 0.3 is 0 Å². The fourth-order valence-electron chi connectivity index (χ4n) is 1.74. The molecule has 0 bridgehead atoms. The Morgan fingerprint density at radius 3 is 2.88 bits per heavy atom. The molecule has 2 atom stereocenters. The van der Waals surface area contributed by atoms with Crippen LogP contribution in [0, 0.1) is 11.8 Å². The van der Waals surface area contributed by atoms with Crippen molar-refractivity contribution in [2.24, 2.45) is 0 Å². The lowest BCUT2D eigenvalue weighted by Gasteiger charge is -2.14.